The maximum absolute atomic E-state index is 12.8. The number of likely N-dealkylation sites (tertiary alicyclic amines) is 1. The molecule has 2 aromatic rings. The smallest absolute Gasteiger partial charge is 0.204 e. The molecule has 5 heterocycles. The summed E-state index contributed by atoms with van der Waals surface area (Å²) in [5.74, 6) is -0.306. The molecule has 1 fully saturated rings. The number of dihydropyridines is 1. The maximum atomic E-state index is 12.8. The first-order valence-corrected chi connectivity index (χ1v) is 10.5. The largest absolute Gasteiger partial charge is 0.354 e. The Kier molecular flexibility index (Phi) is 4.94. The van der Waals surface area contributed by atoms with E-state index in [-0.39, 0.29) is 17.5 Å². The molecule has 166 valence electrons. The Hall–Kier alpha value is -4.04. The van der Waals surface area contributed by atoms with Gasteiger partial charge in [0, 0.05) is 49.5 Å². The molecule has 33 heavy (non-hydrogen) atoms. The Labute approximate surface area is 189 Å². The number of Topliss-reactive ketones (excluding diaryl/α,β-unsaturated/α-hetero) is 1. The second-order valence-electron chi connectivity index (χ2n) is 8.45. The van der Waals surface area contributed by atoms with Crippen molar-refractivity contribution in [3.8, 4) is 6.07 Å². The van der Waals surface area contributed by atoms with Crippen LogP contribution in [-0.4, -0.2) is 69.6 Å². The number of imidazole rings is 1. The maximum Gasteiger partial charge on any atom is 0.204 e. The lowest BCUT2D eigenvalue weighted by molar-refractivity contribution is -0.116. The summed E-state index contributed by atoms with van der Waals surface area (Å²) < 4.78 is 1.75. The quantitative estimate of drug-likeness (QED) is 0.755. The van der Waals surface area contributed by atoms with E-state index in [0.29, 0.717) is 39.4 Å². The number of aliphatic imine (C=N–C) groups is 1. The van der Waals surface area contributed by atoms with Crippen LogP contribution in [0.1, 0.15) is 12.6 Å². The van der Waals surface area contributed by atoms with E-state index in [1.807, 2.05) is 13.1 Å². The number of carbonyl (C=O) groups is 2. The number of hydrogen-bond acceptors (Lipinski definition) is 10. The molecule has 2 unspecified atom stereocenters. The van der Waals surface area contributed by atoms with Gasteiger partial charge in [0.2, 0.25) is 11.9 Å². The summed E-state index contributed by atoms with van der Waals surface area (Å²) >= 11 is 0. The van der Waals surface area contributed by atoms with Gasteiger partial charge in [0.1, 0.15) is 5.52 Å². The molecule has 0 bridgehead atoms. The minimum Gasteiger partial charge on any atom is -0.354 e. The number of pyridine rings is 1. The molecule has 3 aliphatic rings. The number of rotatable bonds is 4. The summed E-state index contributed by atoms with van der Waals surface area (Å²) in [5.41, 5.74) is 3.78. The molecular formula is C22H21N9O2. The number of nitrogens with zero attached hydrogens (tertiary/aromatic N) is 8. The van der Waals surface area contributed by atoms with E-state index in [1.54, 1.807) is 37.0 Å². The van der Waals surface area contributed by atoms with Gasteiger partial charge in [-0.05, 0) is 20.0 Å². The first-order valence-electron chi connectivity index (χ1n) is 10.5. The van der Waals surface area contributed by atoms with E-state index in [9.17, 15) is 9.59 Å². The topological polar surface area (TPSA) is 141 Å². The van der Waals surface area contributed by atoms with Crippen molar-refractivity contribution in [2.75, 3.05) is 25.5 Å². The molecule has 1 saturated heterocycles. The van der Waals surface area contributed by atoms with Crippen molar-refractivity contribution in [2.24, 2.45) is 28.2 Å². The lowest BCUT2D eigenvalue weighted by atomic mass is 9.95. The SMILES string of the molecule is CC1=C(c2cc(NC3N=NC(C4CN(C)C4)=CC3=O)c3ncn(C)c3n2)C=NC(C#N)C1=O. The van der Waals surface area contributed by atoms with Gasteiger partial charge < -0.3 is 14.8 Å². The van der Waals surface area contributed by atoms with Crippen LogP contribution in [0.2, 0.25) is 0 Å². The third-order valence-corrected chi connectivity index (χ3v) is 6.06. The Morgan fingerprint density at radius 1 is 1.24 bits per heavy atom. The van der Waals surface area contributed by atoms with Crippen LogP contribution in [0.5, 0.6) is 0 Å². The van der Waals surface area contributed by atoms with Crippen LogP contribution < -0.4 is 5.32 Å². The van der Waals surface area contributed by atoms with Crippen LogP contribution >= 0.6 is 0 Å². The number of fused-ring (bicyclic) bond motifs is 1. The average molecular weight is 443 g/mol. The van der Waals surface area contributed by atoms with Crippen molar-refractivity contribution in [3.05, 3.63) is 35.4 Å². The molecule has 0 spiro atoms. The summed E-state index contributed by atoms with van der Waals surface area (Å²) in [6, 6.07) is 2.56. The Balaban J connectivity index is 1.49. The van der Waals surface area contributed by atoms with Crippen molar-refractivity contribution < 1.29 is 9.59 Å². The molecule has 0 amide bonds. The first kappa shape index (κ1) is 20.8. The predicted molar refractivity (Wildman–Crippen MR) is 120 cm³/mol. The Morgan fingerprint density at radius 3 is 2.73 bits per heavy atom. The average Bonchev–Trinajstić information content (AvgIpc) is 3.16. The zero-order valence-corrected chi connectivity index (χ0v) is 18.3. The fourth-order valence-electron chi connectivity index (χ4n) is 4.11. The number of carbonyl (C=O) groups excluding carboxylic acids is 2. The number of ketones is 2. The highest BCUT2D eigenvalue weighted by atomic mass is 16.1. The lowest BCUT2D eigenvalue weighted by Gasteiger charge is -2.36. The number of aromatic nitrogens is 3. The molecule has 0 aliphatic carbocycles. The highest BCUT2D eigenvalue weighted by Crippen LogP contribution is 2.30. The van der Waals surface area contributed by atoms with Crippen LogP contribution in [0.3, 0.4) is 0 Å². The molecule has 5 rings (SSSR count). The normalized spacial score (nSPS) is 23.6. The molecule has 0 radical (unpaired) electrons. The number of aryl methyl sites for hydroxylation is 1. The number of nitriles is 1. The van der Waals surface area contributed by atoms with Crippen molar-refractivity contribution >= 4 is 40.2 Å². The lowest BCUT2D eigenvalue weighted by Crippen LogP contribution is -2.45. The van der Waals surface area contributed by atoms with Crippen molar-refractivity contribution in [3.63, 3.8) is 0 Å². The molecule has 11 heteroatoms. The highest BCUT2D eigenvalue weighted by Gasteiger charge is 2.32. The minimum atomic E-state index is -1.04. The number of anilines is 1. The molecule has 3 aliphatic heterocycles. The van der Waals surface area contributed by atoms with Crippen LogP contribution in [0.15, 0.2) is 45.0 Å². The Morgan fingerprint density at radius 2 is 2.03 bits per heavy atom. The van der Waals surface area contributed by atoms with Crippen molar-refractivity contribution in [1.29, 1.82) is 5.26 Å². The van der Waals surface area contributed by atoms with Crippen LogP contribution in [0.25, 0.3) is 16.7 Å². The fourth-order valence-corrected chi connectivity index (χ4v) is 4.11. The Bertz CT molecular complexity index is 1350. The van der Waals surface area contributed by atoms with Gasteiger partial charge >= 0.3 is 0 Å². The van der Waals surface area contributed by atoms with E-state index < -0.39 is 12.2 Å². The van der Waals surface area contributed by atoms with Crippen molar-refractivity contribution in [1.82, 2.24) is 19.4 Å². The molecule has 2 aromatic heterocycles. The molecule has 1 N–H and O–H groups in total. The van der Waals surface area contributed by atoms with Gasteiger partial charge in [0.15, 0.2) is 17.5 Å². The summed E-state index contributed by atoms with van der Waals surface area (Å²) in [4.78, 5) is 40.5. The van der Waals surface area contributed by atoms with Crippen LogP contribution in [0, 0.1) is 17.2 Å². The standard InChI is InChI=1S/C22H21N9O2/c1-11-13(7-24-17(6-23)20(11)33)15-4-16(19-22(27-15)31(3)10-25-19)26-21-18(32)5-14(28-29-21)12-8-30(2)9-12/h4-5,7,10,12,17,21H,8-9H2,1-3H3,(H,26,27). The van der Waals surface area contributed by atoms with E-state index in [0.717, 1.165) is 13.1 Å². The monoisotopic (exact) mass is 443 g/mol. The molecule has 0 aromatic carbocycles. The van der Waals surface area contributed by atoms with Crippen LogP contribution in [0.4, 0.5) is 5.69 Å². The van der Waals surface area contributed by atoms with Gasteiger partial charge in [0.05, 0.1) is 29.5 Å². The highest BCUT2D eigenvalue weighted by molar-refractivity contribution is 6.23. The summed E-state index contributed by atoms with van der Waals surface area (Å²) in [6.45, 7) is 3.37. The van der Waals surface area contributed by atoms with Crippen LogP contribution in [-0.2, 0) is 16.6 Å². The van der Waals surface area contributed by atoms with Gasteiger partial charge in [-0.15, -0.1) is 0 Å². The van der Waals surface area contributed by atoms with E-state index in [4.69, 9.17) is 5.26 Å². The van der Waals surface area contributed by atoms with Gasteiger partial charge in [0.25, 0.3) is 0 Å². The third-order valence-electron chi connectivity index (χ3n) is 6.06. The number of allylic oxidation sites excluding steroid dienone is 1. The van der Waals surface area contributed by atoms with E-state index in [2.05, 4.69) is 35.4 Å². The summed E-state index contributed by atoms with van der Waals surface area (Å²) in [6.07, 6.45) is 3.79. The number of nitrogens with one attached hydrogen (secondary N) is 1. The first-order chi connectivity index (χ1) is 15.9. The molecule has 11 nitrogen and oxygen atoms in total. The molecule has 2 atom stereocenters. The molecule has 0 saturated carbocycles. The van der Waals surface area contributed by atoms with Crippen molar-refractivity contribution in [2.45, 2.75) is 19.1 Å². The third kappa shape index (κ3) is 3.54. The van der Waals surface area contributed by atoms with E-state index in [1.165, 1.54) is 6.21 Å². The second-order valence-corrected chi connectivity index (χ2v) is 8.45. The summed E-state index contributed by atoms with van der Waals surface area (Å²) in [7, 11) is 3.82. The zero-order valence-electron chi connectivity index (χ0n) is 18.3. The molecular weight excluding hydrogens is 422 g/mol. The van der Waals surface area contributed by atoms with Gasteiger partial charge in [-0.25, -0.2) is 9.97 Å². The fraction of sp³-hybridized carbons (Fsp3) is 0.364. The number of hydrogen-bond donors (Lipinski definition) is 1. The predicted octanol–water partition coefficient (Wildman–Crippen LogP) is 1.51. The number of azo groups is 1. The summed E-state index contributed by atoms with van der Waals surface area (Å²) in [5, 5.41) is 20.7. The van der Waals surface area contributed by atoms with Gasteiger partial charge in [-0.2, -0.15) is 15.5 Å². The van der Waals surface area contributed by atoms with Gasteiger partial charge in [-0.1, -0.05) is 0 Å². The van der Waals surface area contributed by atoms with E-state index >= 15 is 0 Å². The zero-order chi connectivity index (χ0) is 23.3. The van der Waals surface area contributed by atoms with Gasteiger partial charge in [-0.3, -0.25) is 14.6 Å². The minimum absolute atomic E-state index is 0.182. The second kappa shape index (κ2) is 7.83.